The lowest BCUT2D eigenvalue weighted by atomic mass is 10.2. The second kappa shape index (κ2) is 3.19. The lowest BCUT2D eigenvalue weighted by Crippen LogP contribution is -2.31. The molecule has 0 N–H and O–H groups in total. The Kier molecular flexibility index (Phi) is 2.76. The molecule has 1 aliphatic heterocycles. The van der Waals surface area contributed by atoms with Gasteiger partial charge in [-0.3, -0.25) is 4.90 Å². The molecule has 1 rings (SSSR count). The SMILES string of the molecule is CC1CCC(CI)N1C. The van der Waals surface area contributed by atoms with E-state index in [4.69, 9.17) is 0 Å². The third kappa shape index (κ3) is 1.58. The van der Waals surface area contributed by atoms with Gasteiger partial charge in [-0.2, -0.15) is 0 Å². The van der Waals surface area contributed by atoms with Crippen molar-refractivity contribution in [3.05, 3.63) is 0 Å². The first kappa shape index (κ1) is 7.79. The molecule has 0 saturated carbocycles. The molecular weight excluding hydrogens is 225 g/mol. The average Bonchev–Trinajstić information content (AvgIpc) is 2.15. The fourth-order valence-corrected chi connectivity index (χ4v) is 2.45. The second-order valence-corrected chi connectivity index (χ2v) is 3.78. The zero-order valence-corrected chi connectivity index (χ0v) is 8.26. The maximum atomic E-state index is 2.49. The minimum absolute atomic E-state index is 0.824. The van der Waals surface area contributed by atoms with Crippen LogP contribution in [-0.4, -0.2) is 28.5 Å². The molecular formula is C7H14IN. The van der Waals surface area contributed by atoms with Crippen molar-refractivity contribution >= 4 is 22.6 Å². The maximum absolute atomic E-state index is 2.49. The molecule has 1 fully saturated rings. The van der Waals surface area contributed by atoms with Gasteiger partial charge in [-0.25, -0.2) is 0 Å². The largest absolute Gasteiger partial charge is 0.300 e. The second-order valence-electron chi connectivity index (χ2n) is 2.90. The first-order chi connectivity index (χ1) is 4.25. The third-order valence-corrected chi connectivity index (χ3v) is 3.38. The third-order valence-electron chi connectivity index (χ3n) is 2.37. The van der Waals surface area contributed by atoms with Crippen molar-refractivity contribution in [2.45, 2.75) is 31.8 Å². The summed E-state index contributed by atoms with van der Waals surface area (Å²) in [5, 5.41) is 0. The van der Waals surface area contributed by atoms with Gasteiger partial charge in [-0.05, 0) is 26.8 Å². The van der Waals surface area contributed by atoms with Gasteiger partial charge in [0.25, 0.3) is 0 Å². The van der Waals surface area contributed by atoms with Crippen molar-refractivity contribution in [3.63, 3.8) is 0 Å². The smallest absolute Gasteiger partial charge is 0.0185 e. The van der Waals surface area contributed by atoms with Crippen LogP contribution in [0.2, 0.25) is 0 Å². The number of halogens is 1. The maximum Gasteiger partial charge on any atom is 0.0185 e. The van der Waals surface area contributed by atoms with Crippen LogP contribution in [0.15, 0.2) is 0 Å². The Balaban J connectivity index is 2.41. The van der Waals surface area contributed by atoms with Crippen molar-refractivity contribution in [1.82, 2.24) is 4.90 Å². The first-order valence-electron chi connectivity index (χ1n) is 3.53. The Labute approximate surface area is 70.9 Å². The summed E-state index contributed by atoms with van der Waals surface area (Å²) >= 11 is 2.47. The summed E-state index contributed by atoms with van der Waals surface area (Å²) in [4.78, 5) is 2.49. The van der Waals surface area contributed by atoms with Crippen LogP contribution in [0.1, 0.15) is 19.8 Å². The molecule has 0 amide bonds. The summed E-state index contributed by atoms with van der Waals surface area (Å²) in [6, 6.07) is 1.69. The molecule has 0 bridgehead atoms. The van der Waals surface area contributed by atoms with Crippen LogP contribution in [0.3, 0.4) is 0 Å². The highest BCUT2D eigenvalue weighted by Crippen LogP contribution is 2.22. The van der Waals surface area contributed by atoms with Crippen molar-refractivity contribution < 1.29 is 0 Å². The fourth-order valence-electron chi connectivity index (χ4n) is 1.39. The standard InChI is InChI=1S/C7H14IN/c1-6-3-4-7(5-8)9(6)2/h6-7H,3-5H2,1-2H3. The molecule has 1 aliphatic rings. The highest BCUT2D eigenvalue weighted by Gasteiger charge is 2.25. The Morgan fingerprint density at radius 2 is 2.22 bits per heavy atom. The number of rotatable bonds is 1. The van der Waals surface area contributed by atoms with Crippen LogP contribution in [-0.2, 0) is 0 Å². The molecule has 1 saturated heterocycles. The van der Waals surface area contributed by atoms with E-state index in [9.17, 15) is 0 Å². The van der Waals surface area contributed by atoms with E-state index >= 15 is 0 Å². The van der Waals surface area contributed by atoms with Crippen LogP contribution in [0.5, 0.6) is 0 Å². The van der Waals surface area contributed by atoms with Gasteiger partial charge in [-0.1, -0.05) is 22.6 Å². The van der Waals surface area contributed by atoms with Crippen molar-refractivity contribution in [1.29, 1.82) is 0 Å². The lowest BCUT2D eigenvalue weighted by Gasteiger charge is -2.20. The van der Waals surface area contributed by atoms with E-state index in [1.165, 1.54) is 17.3 Å². The lowest BCUT2D eigenvalue weighted by molar-refractivity contribution is 0.273. The number of hydrogen-bond donors (Lipinski definition) is 0. The summed E-state index contributed by atoms with van der Waals surface area (Å²) in [7, 11) is 2.24. The molecule has 0 aliphatic carbocycles. The van der Waals surface area contributed by atoms with Gasteiger partial charge < -0.3 is 0 Å². The first-order valence-corrected chi connectivity index (χ1v) is 5.06. The van der Waals surface area contributed by atoms with Gasteiger partial charge in [0.2, 0.25) is 0 Å². The van der Waals surface area contributed by atoms with Crippen molar-refractivity contribution in [2.24, 2.45) is 0 Å². The molecule has 2 heteroatoms. The van der Waals surface area contributed by atoms with E-state index in [-0.39, 0.29) is 0 Å². The highest BCUT2D eigenvalue weighted by atomic mass is 127. The van der Waals surface area contributed by atoms with Crippen molar-refractivity contribution in [3.8, 4) is 0 Å². The van der Waals surface area contributed by atoms with Crippen LogP contribution < -0.4 is 0 Å². The van der Waals surface area contributed by atoms with Crippen LogP contribution in [0.25, 0.3) is 0 Å². The van der Waals surface area contributed by atoms with E-state index in [0.29, 0.717) is 0 Å². The molecule has 0 aromatic rings. The van der Waals surface area contributed by atoms with Crippen molar-refractivity contribution in [2.75, 3.05) is 11.5 Å². The van der Waals surface area contributed by atoms with Gasteiger partial charge in [0.15, 0.2) is 0 Å². The molecule has 0 aromatic heterocycles. The topological polar surface area (TPSA) is 3.24 Å². The van der Waals surface area contributed by atoms with Crippen LogP contribution in [0.4, 0.5) is 0 Å². The molecule has 2 unspecified atom stereocenters. The predicted octanol–water partition coefficient (Wildman–Crippen LogP) is 1.90. The summed E-state index contributed by atoms with van der Waals surface area (Å²) in [5.41, 5.74) is 0. The molecule has 1 nitrogen and oxygen atoms in total. The summed E-state index contributed by atoms with van der Waals surface area (Å²) in [6.45, 7) is 2.31. The number of likely N-dealkylation sites (tertiary alicyclic amines) is 1. The quantitative estimate of drug-likeness (QED) is 0.499. The molecule has 2 atom stereocenters. The van der Waals surface area contributed by atoms with E-state index in [1.807, 2.05) is 0 Å². The monoisotopic (exact) mass is 239 g/mol. The normalized spacial score (nSPS) is 37.7. The van der Waals surface area contributed by atoms with Gasteiger partial charge in [0.05, 0.1) is 0 Å². The predicted molar refractivity (Wildman–Crippen MR) is 49.1 cm³/mol. The molecule has 0 spiro atoms. The average molecular weight is 239 g/mol. The zero-order valence-electron chi connectivity index (χ0n) is 6.10. The van der Waals surface area contributed by atoms with E-state index < -0.39 is 0 Å². The van der Waals surface area contributed by atoms with Gasteiger partial charge in [0, 0.05) is 16.5 Å². The van der Waals surface area contributed by atoms with E-state index in [0.717, 1.165) is 12.1 Å². The van der Waals surface area contributed by atoms with Crippen LogP contribution in [0, 0.1) is 0 Å². The van der Waals surface area contributed by atoms with Crippen LogP contribution >= 0.6 is 22.6 Å². The van der Waals surface area contributed by atoms with E-state index in [1.54, 1.807) is 0 Å². The zero-order chi connectivity index (χ0) is 6.85. The van der Waals surface area contributed by atoms with E-state index in [2.05, 4.69) is 41.5 Å². The van der Waals surface area contributed by atoms with Gasteiger partial charge >= 0.3 is 0 Å². The summed E-state index contributed by atoms with van der Waals surface area (Å²) in [5.74, 6) is 0. The number of nitrogens with zero attached hydrogens (tertiary/aromatic N) is 1. The Bertz CT molecular complexity index is 94.9. The Morgan fingerprint density at radius 3 is 2.44 bits per heavy atom. The fraction of sp³-hybridized carbons (Fsp3) is 1.00. The van der Waals surface area contributed by atoms with Gasteiger partial charge in [-0.15, -0.1) is 0 Å². The molecule has 0 radical (unpaired) electrons. The molecule has 0 aromatic carbocycles. The van der Waals surface area contributed by atoms with Gasteiger partial charge in [0.1, 0.15) is 0 Å². The Hall–Kier alpha value is 0.690. The Morgan fingerprint density at radius 1 is 1.56 bits per heavy atom. The minimum atomic E-state index is 0.824. The molecule has 9 heavy (non-hydrogen) atoms. The number of hydrogen-bond acceptors (Lipinski definition) is 1. The number of alkyl halides is 1. The molecule has 54 valence electrons. The molecule has 1 heterocycles. The highest BCUT2D eigenvalue weighted by molar-refractivity contribution is 14.1. The summed E-state index contributed by atoms with van der Waals surface area (Å²) in [6.07, 6.45) is 2.80. The minimum Gasteiger partial charge on any atom is -0.300 e. The summed E-state index contributed by atoms with van der Waals surface area (Å²) < 4.78 is 1.29.